The van der Waals surface area contributed by atoms with Gasteiger partial charge in [0.1, 0.15) is 5.54 Å². The Morgan fingerprint density at radius 3 is 1.52 bits per heavy atom. The second-order valence-corrected chi connectivity index (χ2v) is 8.05. The van der Waals surface area contributed by atoms with Crippen LogP contribution in [0.2, 0.25) is 0 Å². The number of Topliss-reactive ketones (excluding diaryl/α,β-unsaturated/α-hetero) is 1. The SMILES string of the molecule is O=C(Cc1cn(C(c2ccccc2)(c2ccccc2)c2ccccc2)cn1)c1ccccc1. The van der Waals surface area contributed by atoms with Crippen LogP contribution in [0, 0.1) is 0 Å². The minimum Gasteiger partial charge on any atom is -0.319 e. The summed E-state index contributed by atoms with van der Waals surface area (Å²) in [6.07, 6.45) is 4.11. The van der Waals surface area contributed by atoms with E-state index in [2.05, 4.69) is 82.3 Å². The molecule has 0 atom stereocenters. The second kappa shape index (κ2) is 9.09. The van der Waals surface area contributed by atoms with Crippen LogP contribution in [0.5, 0.6) is 0 Å². The van der Waals surface area contributed by atoms with Crippen LogP contribution in [0.1, 0.15) is 32.7 Å². The van der Waals surface area contributed by atoms with Crippen molar-refractivity contribution in [2.45, 2.75) is 12.0 Å². The molecule has 0 unspecified atom stereocenters. The van der Waals surface area contributed by atoms with Crippen LogP contribution in [0.4, 0.5) is 0 Å². The molecule has 160 valence electrons. The largest absolute Gasteiger partial charge is 0.319 e. The number of aromatic nitrogens is 2. The van der Waals surface area contributed by atoms with E-state index in [0.717, 1.165) is 22.4 Å². The first kappa shape index (κ1) is 20.7. The van der Waals surface area contributed by atoms with E-state index in [1.54, 1.807) is 0 Å². The topological polar surface area (TPSA) is 34.9 Å². The van der Waals surface area contributed by atoms with Gasteiger partial charge in [-0.2, -0.15) is 0 Å². The Bertz CT molecular complexity index is 1230. The van der Waals surface area contributed by atoms with Crippen molar-refractivity contribution in [1.29, 1.82) is 0 Å². The highest BCUT2D eigenvalue weighted by molar-refractivity contribution is 5.97. The maximum atomic E-state index is 12.8. The number of imidazole rings is 1. The molecule has 0 aliphatic rings. The van der Waals surface area contributed by atoms with Crippen LogP contribution >= 0.6 is 0 Å². The summed E-state index contributed by atoms with van der Waals surface area (Å²) < 4.78 is 2.14. The number of ketones is 1. The molecule has 0 saturated carbocycles. The fourth-order valence-corrected chi connectivity index (χ4v) is 4.51. The monoisotopic (exact) mass is 428 g/mol. The Morgan fingerprint density at radius 1 is 0.636 bits per heavy atom. The summed E-state index contributed by atoms with van der Waals surface area (Å²) in [5.74, 6) is 0.0607. The van der Waals surface area contributed by atoms with Gasteiger partial charge in [-0.25, -0.2) is 4.98 Å². The fourth-order valence-electron chi connectivity index (χ4n) is 4.51. The number of hydrogen-bond acceptors (Lipinski definition) is 2. The zero-order valence-corrected chi connectivity index (χ0v) is 18.2. The summed E-state index contributed by atoms with van der Waals surface area (Å²) in [7, 11) is 0. The van der Waals surface area contributed by atoms with Gasteiger partial charge in [0.05, 0.1) is 18.4 Å². The molecular formula is C30H24N2O. The minimum absolute atomic E-state index is 0.0607. The fraction of sp³-hybridized carbons (Fsp3) is 0.0667. The van der Waals surface area contributed by atoms with E-state index in [4.69, 9.17) is 0 Å². The van der Waals surface area contributed by atoms with Crippen molar-refractivity contribution in [3.63, 3.8) is 0 Å². The highest BCUT2D eigenvalue weighted by Gasteiger charge is 2.38. The third-order valence-corrected chi connectivity index (χ3v) is 6.04. The first-order chi connectivity index (χ1) is 16.3. The van der Waals surface area contributed by atoms with Crippen molar-refractivity contribution in [3.8, 4) is 0 Å². The third-order valence-electron chi connectivity index (χ3n) is 6.04. The maximum absolute atomic E-state index is 12.8. The molecule has 0 aliphatic carbocycles. The molecule has 1 aromatic heterocycles. The summed E-state index contributed by atoms with van der Waals surface area (Å²) >= 11 is 0. The number of rotatable bonds is 7. The molecule has 0 saturated heterocycles. The van der Waals surface area contributed by atoms with Crippen LogP contribution in [-0.2, 0) is 12.0 Å². The van der Waals surface area contributed by atoms with Crippen molar-refractivity contribution in [2.24, 2.45) is 0 Å². The van der Waals surface area contributed by atoms with Crippen LogP contribution in [0.15, 0.2) is 134 Å². The van der Waals surface area contributed by atoms with Crippen LogP contribution < -0.4 is 0 Å². The number of nitrogens with zero attached hydrogens (tertiary/aromatic N) is 2. The summed E-state index contributed by atoms with van der Waals surface area (Å²) in [6, 6.07) is 40.7. The van der Waals surface area contributed by atoms with Crippen molar-refractivity contribution in [1.82, 2.24) is 9.55 Å². The van der Waals surface area contributed by atoms with E-state index in [0.29, 0.717) is 5.56 Å². The van der Waals surface area contributed by atoms with Gasteiger partial charge in [0.2, 0.25) is 0 Å². The van der Waals surface area contributed by atoms with Gasteiger partial charge >= 0.3 is 0 Å². The van der Waals surface area contributed by atoms with Gasteiger partial charge in [-0.05, 0) is 16.7 Å². The minimum atomic E-state index is -0.620. The summed E-state index contributed by atoms with van der Waals surface area (Å²) in [5, 5.41) is 0. The van der Waals surface area contributed by atoms with Crippen LogP contribution in [-0.4, -0.2) is 15.3 Å². The van der Waals surface area contributed by atoms with Crippen molar-refractivity contribution in [2.75, 3.05) is 0 Å². The Kier molecular flexibility index (Phi) is 5.69. The molecule has 1 heterocycles. The normalized spacial score (nSPS) is 11.3. The molecule has 0 N–H and O–H groups in total. The van der Waals surface area contributed by atoms with E-state index in [1.807, 2.05) is 61.1 Å². The molecule has 0 amide bonds. The summed E-state index contributed by atoms with van der Waals surface area (Å²) in [6.45, 7) is 0. The third kappa shape index (κ3) is 3.90. The Labute approximate surface area is 194 Å². The lowest BCUT2D eigenvalue weighted by Crippen LogP contribution is -2.36. The molecule has 5 aromatic rings. The average Bonchev–Trinajstić information content (AvgIpc) is 3.35. The summed E-state index contributed by atoms with van der Waals surface area (Å²) in [4.78, 5) is 17.5. The molecule has 0 bridgehead atoms. The molecule has 0 radical (unpaired) electrons. The molecular weight excluding hydrogens is 404 g/mol. The second-order valence-electron chi connectivity index (χ2n) is 8.05. The lowest BCUT2D eigenvalue weighted by Gasteiger charge is -2.37. The van der Waals surface area contributed by atoms with E-state index < -0.39 is 5.54 Å². The predicted octanol–water partition coefficient (Wildman–Crippen LogP) is 6.15. The molecule has 3 nitrogen and oxygen atoms in total. The zero-order chi connectivity index (χ0) is 22.5. The molecule has 33 heavy (non-hydrogen) atoms. The Morgan fingerprint density at radius 2 is 1.06 bits per heavy atom. The van der Waals surface area contributed by atoms with E-state index >= 15 is 0 Å². The van der Waals surface area contributed by atoms with E-state index in [1.165, 1.54) is 0 Å². The maximum Gasteiger partial charge on any atom is 0.168 e. The highest BCUT2D eigenvalue weighted by Crippen LogP contribution is 2.40. The molecule has 3 heteroatoms. The highest BCUT2D eigenvalue weighted by atomic mass is 16.1. The lowest BCUT2D eigenvalue weighted by molar-refractivity contribution is 0.0992. The quantitative estimate of drug-likeness (QED) is 0.230. The number of carbonyl (C=O) groups excluding carboxylic acids is 1. The van der Waals surface area contributed by atoms with Crippen LogP contribution in [0.25, 0.3) is 0 Å². The van der Waals surface area contributed by atoms with Gasteiger partial charge in [-0.3, -0.25) is 4.79 Å². The van der Waals surface area contributed by atoms with Gasteiger partial charge in [-0.1, -0.05) is 121 Å². The Hall–Kier alpha value is -4.24. The first-order valence-electron chi connectivity index (χ1n) is 11.1. The lowest BCUT2D eigenvalue weighted by atomic mass is 9.77. The number of carbonyl (C=O) groups is 1. The van der Waals surface area contributed by atoms with Crippen molar-refractivity contribution >= 4 is 5.78 Å². The van der Waals surface area contributed by atoms with Crippen molar-refractivity contribution in [3.05, 3.63) is 162 Å². The van der Waals surface area contributed by atoms with Gasteiger partial charge in [0.15, 0.2) is 5.78 Å². The smallest absolute Gasteiger partial charge is 0.168 e. The summed E-state index contributed by atoms with van der Waals surface area (Å²) in [5.41, 5.74) is 4.20. The molecule has 0 fully saturated rings. The van der Waals surface area contributed by atoms with Gasteiger partial charge in [-0.15, -0.1) is 0 Å². The van der Waals surface area contributed by atoms with E-state index in [9.17, 15) is 4.79 Å². The zero-order valence-electron chi connectivity index (χ0n) is 18.2. The predicted molar refractivity (Wildman–Crippen MR) is 131 cm³/mol. The van der Waals surface area contributed by atoms with Gasteiger partial charge in [0.25, 0.3) is 0 Å². The van der Waals surface area contributed by atoms with Gasteiger partial charge in [0, 0.05) is 11.8 Å². The molecule has 5 rings (SSSR count). The Balaban J connectivity index is 1.67. The molecule has 0 aliphatic heterocycles. The van der Waals surface area contributed by atoms with E-state index in [-0.39, 0.29) is 12.2 Å². The molecule has 4 aromatic carbocycles. The number of hydrogen-bond donors (Lipinski definition) is 0. The first-order valence-corrected chi connectivity index (χ1v) is 11.1. The standard InChI is InChI=1S/C30H24N2O/c33-29(24-13-5-1-6-14-24)21-28-22-32(23-31-28)30(25-15-7-2-8-16-25,26-17-9-3-10-18-26)27-19-11-4-12-20-27/h1-20,22-23H,21H2. The number of benzene rings is 4. The van der Waals surface area contributed by atoms with Crippen LogP contribution in [0.3, 0.4) is 0 Å². The van der Waals surface area contributed by atoms with Gasteiger partial charge < -0.3 is 4.57 Å². The van der Waals surface area contributed by atoms with Crippen molar-refractivity contribution < 1.29 is 4.79 Å². The average molecular weight is 429 g/mol. The molecule has 0 spiro atoms.